The first-order valence-electron chi connectivity index (χ1n) is 13.8. The van der Waals surface area contributed by atoms with E-state index in [0.29, 0.717) is 44.2 Å². The third kappa shape index (κ3) is 6.61. The van der Waals surface area contributed by atoms with Crippen molar-refractivity contribution in [3.05, 3.63) is 83.3 Å². The summed E-state index contributed by atoms with van der Waals surface area (Å²) in [6, 6.07) is 16.6. The molecule has 1 saturated heterocycles. The van der Waals surface area contributed by atoms with Gasteiger partial charge in [0.2, 0.25) is 0 Å². The molecule has 2 aromatic carbocycles. The lowest BCUT2D eigenvalue weighted by molar-refractivity contribution is -0.133. The fourth-order valence-corrected chi connectivity index (χ4v) is 5.12. The number of carbonyl (C=O) groups is 2. The van der Waals surface area contributed by atoms with Gasteiger partial charge in [-0.05, 0) is 36.8 Å². The van der Waals surface area contributed by atoms with Crippen LogP contribution >= 0.6 is 0 Å². The average Bonchev–Trinajstić information content (AvgIpc) is 3.71. The summed E-state index contributed by atoms with van der Waals surface area (Å²) >= 11 is 0. The summed E-state index contributed by atoms with van der Waals surface area (Å²) in [5.74, 6) is 0.867. The van der Waals surface area contributed by atoms with Crippen LogP contribution in [-0.2, 0) is 9.53 Å². The molecule has 0 aliphatic carbocycles. The Kier molecular flexibility index (Phi) is 9.01. The molecule has 0 N–H and O–H groups in total. The van der Waals surface area contributed by atoms with Gasteiger partial charge in [-0.2, -0.15) is 5.10 Å². The van der Waals surface area contributed by atoms with Crippen LogP contribution in [0.5, 0.6) is 11.5 Å². The zero-order valence-corrected chi connectivity index (χ0v) is 23.7. The molecular formula is C31H36N4O6. The Balaban J connectivity index is 1.43. The molecule has 41 heavy (non-hydrogen) atoms. The van der Waals surface area contributed by atoms with Gasteiger partial charge in [-0.15, -0.1) is 0 Å². The van der Waals surface area contributed by atoms with Crippen molar-refractivity contribution >= 4 is 17.5 Å². The summed E-state index contributed by atoms with van der Waals surface area (Å²) < 4.78 is 21.8. The molecule has 0 spiro atoms. The first kappa shape index (κ1) is 28.4. The maximum atomic E-state index is 14.0. The molecule has 0 unspecified atom stereocenters. The summed E-state index contributed by atoms with van der Waals surface area (Å²) in [5, 5.41) is 6.33. The van der Waals surface area contributed by atoms with Crippen molar-refractivity contribution in [3.8, 4) is 11.5 Å². The van der Waals surface area contributed by atoms with E-state index >= 15 is 0 Å². The van der Waals surface area contributed by atoms with E-state index in [1.807, 2.05) is 43.3 Å². The van der Waals surface area contributed by atoms with Crippen LogP contribution in [0.2, 0.25) is 0 Å². The highest BCUT2D eigenvalue weighted by atomic mass is 16.5. The van der Waals surface area contributed by atoms with Crippen molar-refractivity contribution in [1.82, 2.24) is 14.8 Å². The Bertz CT molecular complexity index is 1370. The monoisotopic (exact) mass is 560 g/mol. The van der Waals surface area contributed by atoms with Crippen molar-refractivity contribution in [2.75, 3.05) is 60.2 Å². The molecule has 2 aliphatic rings. The lowest BCUT2D eigenvalue weighted by Gasteiger charge is -2.30. The molecule has 2 aliphatic heterocycles. The van der Waals surface area contributed by atoms with Crippen LogP contribution in [0.4, 0.5) is 0 Å². The Labute approximate surface area is 240 Å². The van der Waals surface area contributed by atoms with Crippen LogP contribution in [-0.4, -0.2) is 92.5 Å². The van der Waals surface area contributed by atoms with Crippen LogP contribution in [0, 0.1) is 6.92 Å². The summed E-state index contributed by atoms with van der Waals surface area (Å²) in [7, 11) is 3.20. The van der Waals surface area contributed by atoms with Gasteiger partial charge in [-0.3, -0.25) is 14.5 Å². The fraction of sp³-hybridized carbons (Fsp3) is 0.387. The standard InChI is InChI=1S/C31H36N4O6/c1-22-6-8-23(9-7-22)27-20-26(25-11-10-24(38-2)19-29(25)39-3)32-35(27)30(36)21-34(31(37)28-5-4-16-41-28)13-12-33-14-17-40-18-15-33/h4-11,16,19,27H,12-15,17-18,20-21H2,1-3H3/t27-/m1/s1. The van der Waals surface area contributed by atoms with Gasteiger partial charge >= 0.3 is 0 Å². The largest absolute Gasteiger partial charge is 0.497 e. The minimum Gasteiger partial charge on any atom is -0.497 e. The summed E-state index contributed by atoms with van der Waals surface area (Å²) in [6.07, 6.45) is 1.96. The van der Waals surface area contributed by atoms with Crippen LogP contribution in [0.1, 0.15) is 39.7 Å². The van der Waals surface area contributed by atoms with Crippen LogP contribution in [0.3, 0.4) is 0 Å². The minimum absolute atomic E-state index is 0.136. The highest BCUT2D eigenvalue weighted by molar-refractivity contribution is 6.05. The predicted molar refractivity (Wildman–Crippen MR) is 153 cm³/mol. The maximum Gasteiger partial charge on any atom is 0.290 e. The summed E-state index contributed by atoms with van der Waals surface area (Å²) in [5.41, 5.74) is 3.60. The number of methoxy groups -OCH3 is 2. The molecule has 1 fully saturated rings. The second kappa shape index (κ2) is 13.0. The first-order valence-corrected chi connectivity index (χ1v) is 13.8. The molecule has 10 heteroatoms. The second-order valence-corrected chi connectivity index (χ2v) is 10.1. The fourth-order valence-electron chi connectivity index (χ4n) is 5.12. The van der Waals surface area contributed by atoms with Crippen LogP contribution in [0.25, 0.3) is 0 Å². The Morgan fingerprint density at radius 1 is 1.05 bits per heavy atom. The van der Waals surface area contributed by atoms with Crippen LogP contribution in [0.15, 0.2) is 70.4 Å². The molecule has 3 aromatic rings. The number of furan rings is 1. The summed E-state index contributed by atoms with van der Waals surface area (Å²) in [6.45, 7) is 5.78. The Morgan fingerprint density at radius 3 is 2.51 bits per heavy atom. The third-order valence-electron chi connectivity index (χ3n) is 7.48. The number of hydrogen-bond acceptors (Lipinski definition) is 8. The third-order valence-corrected chi connectivity index (χ3v) is 7.48. The number of rotatable bonds is 10. The zero-order chi connectivity index (χ0) is 28.8. The van der Waals surface area contributed by atoms with Crippen molar-refractivity contribution < 1.29 is 28.2 Å². The molecule has 0 saturated carbocycles. The number of hydrazone groups is 1. The van der Waals surface area contributed by atoms with E-state index in [2.05, 4.69) is 4.90 Å². The van der Waals surface area contributed by atoms with Gasteiger partial charge in [0.15, 0.2) is 5.76 Å². The number of amides is 2. The van der Waals surface area contributed by atoms with Crippen molar-refractivity contribution in [2.45, 2.75) is 19.4 Å². The van der Waals surface area contributed by atoms with Gasteiger partial charge in [-0.1, -0.05) is 29.8 Å². The highest BCUT2D eigenvalue weighted by Gasteiger charge is 2.35. The van der Waals surface area contributed by atoms with Gasteiger partial charge in [0.05, 0.1) is 45.5 Å². The number of benzene rings is 2. The lowest BCUT2D eigenvalue weighted by Crippen LogP contribution is -2.46. The molecule has 1 aromatic heterocycles. The van der Waals surface area contributed by atoms with E-state index in [1.54, 1.807) is 37.3 Å². The molecular weight excluding hydrogens is 524 g/mol. The number of nitrogens with zero attached hydrogens (tertiary/aromatic N) is 4. The molecule has 3 heterocycles. The van der Waals surface area contributed by atoms with E-state index < -0.39 is 0 Å². The molecule has 0 radical (unpaired) electrons. The topological polar surface area (TPSA) is 97.1 Å². The Morgan fingerprint density at radius 2 is 1.83 bits per heavy atom. The van der Waals surface area contributed by atoms with E-state index in [-0.39, 0.29) is 30.2 Å². The smallest absolute Gasteiger partial charge is 0.290 e. The van der Waals surface area contributed by atoms with E-state index in [1.165, 1.54) is 11.3 Å². The predicted octanol–water partition coefficient (Wildman–Crippen LogP) is 3.76. The number of ether oxygens (including phenoxy) is 3. The normalized spacial score (nSPS) is 17.3. The van der Waals surface area contributed by atoms with Crippen LogP contribution < -0.4 is 9.47 Å². The molecule has 5 rings (SSSR count). The number of carbonyl (C=O) groups excluding carboxylic acids is 2. The van der Waals surface area contributed by atoms with Gasteiger partial charge in [0, 0.05) is 44.2 Å². The molecule has 216 valence electrons. The Hall–Kier alpha value is -4.15. The van der Waals surface area contributed by atoms with E-state index in [0.717, 1.165) is 35.5 Å². The quantitative estimate of drug-likeness (QED) is 0.373. The average molecular weight is 561 g/mol. The SMILES string of the molecule is COc1ccc(C2=NN(C(=O)CN(CCN3CCOCC3)C(=O)c3ccco3)[C@@H](c3ccc(C)cc3)C2)c(OC)c1. The van der Waals surface area contributed by atoms with Crippen molar-refractivity contribution in [2.24, 2.45) is 5.10 Å². The maximum absolute atomic E-state index is 14.0. The molecule has 1 atom stereocenters. The lowest BCUT2D eigenvalue weighted by atomic mass is 9.97. The number of hydrogen-bond donors (Lipinski definition) is 0. The number of morpholine rings is 1. The molecule has 2 amide bonds. The van der Waals surface area contributed by atoms with Gasteiger partial charge in [-0.25, -0.2) is 5.01 Å². The highest BCUT2D eigenvalue weighted by Crippen LogP contribution is 2.36. The van der Waals surface area contributed by atoms with Gasteiger partial charge in [0.1, 0.15) is 18.0 Å². The summed E-state index contributed by atoms with van der Waals surface area (Å²) in [4.78, 5) is 31.2. The molecule has 10 nitrogen and oxygen atoms in total. The zero-order valence-electron chi connectivity index (χ0n) is 23.7. The molecule has 0 bridgehead atoms. The van der Waals surface area contributed by atoms with Gasteiger partial charge < -0.3 is 23.5 Å². The van der Waals surface area contributed by atoms with E-state index in [9.17, 15) is 9.59 Å². The van der Waals surface area contributed by atoms with Crippen molar-refractivity contribution in [3.63, 3.8) is 0 Å². The van der Waals surface area contributed by atoms with Gasteiger partial charge in [0.25, 0.3) is 11.8 Å². The minimum atomic E-state index is -0.330. The van der Waals surface area contributed by atoms with Crippen molar-refractivity contribution in [1.29, 1.82) is 0 Å². The van der Waals surface area contributed by atoms with E-state index in [4.69, 9.17) is 23.7 Å². The second-order valence-electron chi connectivity index (χ2n) is 10.1. The first-order chi connectivity index (χ1) is 20.0. The number of aryl methyl sites for hydroxylation is 1.